The lowest BCUT2D eigenvalue weighted by molar-refractivity contribution is -0.137. The van der Waals surface area contributed by atoms with Crippen LogP contribution in [0.25, 0.3) is 0 Å². The first-order chi connectivity index (χ1) is 10.4. The molecule has 6 nitrogen and oxygen atoms in total. The number of thioether (sulfide) groups is 1. The molecule has 1 aromatic carbocycles. The molecule has 122 valence electrons. The summed E-state index contributed by atoms with van der Waals surface area (Å²) in [4.78, 5) is 23.2. The summed E-state index contributed by atoms with van der Waals surface area (Å²) in [5.74, 6) is -0.141. The van der Waals surface area contributed by atoms with E-state index in [1.165, 1.54) is 26.0 Å². The molecule has 0 aliphatic rings. The predicted octanol–water partition coefficient (Wildman–Crippen LogP) is 2.09. The van der Waals surface area contributed by atoms with Gasteiger partial charge in [-0.05, 0) is 25.3 Å². The first-order valence-corrected chi connectivity index (χ1v) is 7.98. The number of ether oxygens (including phenoxy) is 2. The normalized spacial score (nSPS) is 13.1. The Morgan fingerprint density at radius 1 is 1.32 bits per heavy atom. The van der Waals surface area contributed by atoms with Gasteiger partial charge in [-0.15, -0.1) is 0 Å². The third-order valence-electron chi connectivity index (χ3n) is 3.23. The molecular weight excluding hydrogens is 306 g/mol. The van der Waals surface area contributed by atoms with Crippen molar-refractivity contribution in [3.63, 3.8) is 0 Å². The van der Waals surface area contributed by atoms with Crippen molar-refractivity contribution in [1.29, 1.82) is 0 Å². The van der Waals surface area contributed by atoms with Crippen LogP contribution in [-0.4, -0.2) is 42.7 Å². The largest absolute Gasteiger partial charge is 0.497 e. The van der Waals surface area contributed by atoms with Gasteiger partial charge in [-0.3, -0.25) is 9.59 Å². The van der Waals surface area contributed by atoms with Gasteiger partial charge in [-0.2, -0.15) is 11.8 Å². The predicted molar refractivity (Wildman–Crippen MR) is 85.7 cm³/mol. The second-order valence-electron chi connectivity index (χ2n) is 4.64. The molecule has 7 heteroatoms. The minimum Gasteiger partial charge on any atom is -0.497 e. The molecule has 0 saturated carbocycles. The van der Waals surface area contributed by atoms with Crippen LogP contribution in [0.3, 0.4) is 0 Å². The van der Waals surface area contributed by atoms with Gasteiger partial charge < -0.3 is 19.9 Å². The molecule has 0 saturated heterocycles. The van der Waals surface area contributed by atoms with E-state index in [9.17, 15) is 9.59 Å². The van der Waals surface area contributed by atoms with Gasteiger partial charge in [0, 0.05) is 11.6 Å². The highest BCUT2D eigenvalue weighted by atomic mass is 32.2. The van der Waals surface area contributed by atoms with Gasteiger partial charge in [0.25, 0.3) is 0 Å². The monoisotopic (exact) mass is 327 g/mol. The maximum atomic E-state index is 12.1. The van der Waals surface area contributed by atoms with E-state index in [1.54, 1.807) is 25.1 Å². The first-order valence-electron chi connectivity index (χ1n) is 6.69. The van der Waals surface area contributed by atoms with E-state index in [-0.39, 0.29) is 17.6 Å². The SMILES string of the molecule is COc1ccc(C(CC(=O)O)NC(=O)C(C)SC)c(OC)c1. The Labute approximate surface area is 134 Å². The van der Waals surface area contributed by atoms with Crippen molar-refractivity contribution in [3.8, 4) is 11.5 Å². The number of benzene rings is 1. The van der Waals surface area contributed by atoms with Gasteiger partial charge in [-0.1, -0.05) is 0 Å². The van der Waals surface area contributed by atoms with Crippen molar-refractivity contribution in [2.75, 3.05) is 20.5 Å². The lowest BCUT2D eigenvalue weighted by atomic mass is 10.0. The topological polar surface area (TPSA) is 84.9 Å². The van der Waals surface area contributed by atoms with Crippen LogP contribution in [0, 0.1) is 0 Å². The smallest absolute Gasteiger partial charge is 0.305 e. The lowest BCUT2D eigenvalue weighted by Gasteiger charge is -2.22. The van der Waals surface area contributed by atoms with E-state index in [0.29, 0.717) is 17.1 Å². The molecule has 1 aromatic rings. The van der Waals surface area contributed by atoms with Crippen LogP contribution in [-0.2, 0) is 9.59 Å². The van der Waals surface area contributed by atoms with Gasteiger partial charge >= 0.3 is 5.97 Å². The number of nitrogens with one attached hydrogen (secondary N) is 1. The molecule has 2 atom stereocenters. The molecule has 0 fully saturated rings. The van der Waals surface area contributed by atoms with Gasteiger partial charge in [0.2, 0.25) is 5.91 Å². The molecular formula is C15H21NO5S. The van der Waals surface area contributed by atoms with E-state index >= 15 is 0 Å². The zero-order valence-electron chi connectivity index (χ0n) is 13.1. The van der Waals surface area contributed by atoms with Gasteiger partial charge in [-0.25, -0.2) is 0 Å². The zero-order chi connectivity index (χ0) is 16.7. The number of methoxy groups -OCH3 is 2. The summed E-state index contributed by atoms with van der Waals surface area (Å²) in [7, 11) is 3.02. The average molecular weight is 327 g/mol. The number of amides is 1. The van der Waals surface area contributed by atoms with E-state index in [2.05, 4.69) is 5.32 Å². The Morgan fingerprint density at radius 2 is 2.00 bits per heavy atom. The lowest BCUT2D eigenvalue weighted by Crippen LogP contribution is -2.35. The fourth-order valence-corrected chi connectivity index (χ4v) is 2.20. The molecule has 0 heterocycles. The summed E-state index contributed by atoms with van der Waals surface area (Å²) in [5, 5.41) is 11.6. The van der Waals surface area contributed by atoms with Crippen molar-refractivity contribution < 1.29 is 24.2 Å². The maximum absolute atomic E-state index is 12.1. The number of hydrogen-bond donors (Lipinski definition) is 2. The molecule has 0 radical (unpaired) electrons. The summed E-state index contributed by atoms with van der Waals surface area (Å²) in [6.07, 6.45) is 1.60. The highest BCUT2D eigenvalue weighted by molar-refractivity contribution is 7.99. The average Bonchev–Trinajstić information content (AvgIpc) is 2.52. The van der Waals surface area contributed by atoms with Crippen LogP contribution in [0.2, 0.25) is 0 Å². The van der Waals surface area contributed by atoms with Crippen LogP contribution < -0.4 is 14.8 Å². The molecule has 1 amide bonds. The first kappa shape index (κ1) is 18.2. The fourth-order valence-electron chi connectivity index (χ4n) is 1.92. The molecule has 0 aliphatic heterocycles. The zero-order valence-corrected chi connectivity index (χ0v) is 13.9. The summed E-state index contributed by atoms with van der Waals surface area (Å²) in [5.41, 5.74) is 0.604. The van der Waals surface area contributed by atoms with Crippen molar-refractivity contribution >= 4 is 23.6 Å². The molecule has 2 N–H and O–H groups in total. The number of carbonyl (C=O) groups excluding carboxylic acids is 1. The summed E-state index contributed by atoms with van der Waals surface area (Å²) < 4.78 is 10.4. The van der Waals surface area contributed by atoms with Crippen molar-refractivity contribution in [2.24, 2.45) is 0 Å². The Kier molecular flexibility index (Phi) is 7.04. The minimum absolute atomic E-state index is 0.211. The summed E-state index contributed by atoms with van der Waals surface area (Å²) in [6, 6.07) is 4.40. The highest BCUT2D eigenvalue weighted by Crippen LogP contribution is 2.31. The van der Waals surface area contributed by atoms with Crippen LogP contribution in [0.15, 0.2) is 18.2 Å². The standard InChI is InChI=1S/C15H21NO5S/c1-9(22-4)15(19)16-12(8-14(17)18)11-6-5-10(20-2)7-13(11)21-3/h5-7,9,12H,8H2,1-4H3,(H,16,19)(H,17,18). The van der Waals surface area contributed by atoms with Gasteiger partial charge in [0.05, 0.1) is 31.9 Å². The Balaban J connectivity index is 3.10. The van der Waals surface area contributed by atoms with Crippen LogP contribution in [0.5, 0.6) is 11.5 Å². The molecule has 2 unspecified atom stereocenters. The molecule has 0 aliphatic carbocycles. The third-order valence-corrected chi connectivity index (χ3v) is 4.16. The quantitative estimate of drug-likeness (QED) is 0.760. The van der Waals surface area contributed by atoms with E-state index in [0.717, 1.165) is 0 Å². The second-order valence-corrected chi connectivity index (χ2v) is 5.82. The van der Waals surface area contributed by atoms with Gasteiger partial charge in [0.1, 0.15) is 11.5 Å². The Bertz CT molecular complexity index is 535. The molecule has 0 bridgehead atoms. The molecule has 0 aromatic heterocycles. The second kappa shape index (κ2) is 8.53. The molecule has 22 heavy (non-hydrogen) atoms. The number of carboxylic acids is 1. The van der Waals surface area contributed by atoms with Crippen molar-refractivity contribution in [1.82, 2.24) is 5.32 Å². The number of carboxylic acid groups (broad SMARTS) is 1. The number of hydrogen-bond acceptors (Lipinski definition) is 5. The van der Waals surface area contributed by atoms with Crippen LogP contribution >= 0.6 is 11.8 Å². The van der Waals surface area contributed by atoms with Crippen molar-refractivity contribution in [2.45, 2.75) is 24.6 Å². The highest BCUT2D eigenvalue weighted by Gasteiger charge is 2.24. The molecule has 0 spiro atoms. The number of carbonyl (C=O) groups is 2. The number of aliphatic carboxylic acids is 1. The third kappa shape index (κ3) is 4.84. The van der Waals surface area contributed by atoms with E-state index in [1.807, 2.05) is 6.26 Å². The molecule has 1 rings (SSSR count). The maximum Gasteiger partial charge on any atom is 0.305 e. The number of rotatable bonds is 8. The minimum atomic E-state index is -1.00. The van der Waals surface area contributed by atoms with Gasteiger partial charge in [0.15, 0.2) is 0 Å². The van der Waals surface area contributed by atoms with E-state index < -0.39 is 12.0 Å². The fraction of sp³-hybridized carbons (Fsp3) is 0.467. The Morgan fingerprint density at radius 3 is 2.50 bits per heavy atom. The summed E-state index contributed by atoms with van der Waals surface area (Å²) >= 11 is 1.39. The van der Waals surface area contributed by atoms with Crippen molar-refractivity contribution in [3.05, 3.63) is 23.8 Å². The summed E-state index contributed by atoms with van der Waals surface area (Å²) in [6.45, 7) is 1.77. The van der Waals surface area contributed by atoms with E-state index in [4.69, 9.17) is 14.6 Å². The Hall–Kier alpha value is -1.89. The van der Waals surface area contributed by atoms with Crippen LogP contribution in [0.1, 0.15) is 24.9 Å². The van der Waals surface area contributed by atoms with Crippen LogP contribution in [0.4, 0.5) is 0 Å².